The van der Waals surface area contributed by atoms with Gasteiger partial charge in [0, 0.05) is 10.2 Å². The Bertz CT molecular complexity index is 649. The molecule has 6 heteroatoms. The molecule has 0 fully saturated rings. The fraction of sp³-hybridized carbons (Fsp3) is 0. The normalized spacial score (nSPS) is 10.3. The zero-order valence-corrected chi connectivity index (χ0v) is 13.3. The molecule has 98 valence electrons. The van der Waals surface area contributed by atoms with Crippen molar-refractivity contribution in [2.24, 2.45) is 0 Å². The van der Waals surface area contributed by atoms with Gasteiger partial charge < -0.3 is 5.32 Å². The minimum Gasteiger partial charge on any atom is -0.322 e. The lowest BCUT2D eigenvalue weighted by Gasteiger charge is -2.08. The molecule has 0 aromatic heterocycles. The van der Waals surface area contributed by atoms with Gasteiger partial charge >= 0.3 is 0 Å². The molecular formula is C13H7Br2ClFNO. The molecule has 0 unspecified atom stereocenters. The zero-order chi connectivity index (χ0) is 14.0. The van der Waals surface area contributed by atoms with Crippen LogP contribution in [0.15, 0.2) is 45.3 Å². The van der Waals surface area contributed by atoms with E-state index in [0.717, 1.165) is 0 Å². The molecule has 0 aliphatic rings. The molecule has 2 aromatic rings. The number of nitrogens with one attached hydrogen (secondary N) is 1. The summed E-state index contributed by atoms with van der Waals surface area (Å²) in [5, 5.41) is 2.91. The maximum Gasteiger partial charge on any atom is 0.257 e. The van der Waals surface area contributed by atoms with E-state index < -0.39 is 11.7 Å². The van der Waals surface area contributed by atoms with Crippen LogP contribution in [0.25, 0.3) is 0 Å². The van der Waals surface area contributed by atoms with Gasteiger partial charge in [-0.1, -0.05) is 17.7 Å². The van der Waals surface area contributed by atoms with Gasteiger partial charge in [0.2, 0.25) is 0 Å². The van der Waals surface area contributed by atoms with E-state index in [1.807, 2.05) is 0 Å². The Morgan fingerprint density at radius 3 is 2.58 bits per heavy atom. The maximum atomic E-state index is 13.3. The van der Waals surface area contributed by atoms with E-state index in [-0.39, 0.29) is 0 Å². The summed E-state index contributed by atoms with van der Waals surface area (Å²) in [7, 11) is 0. The SMILES string of the molecule is O=C(Nc1ccc(Br)c(F)c1)c1cccc(Br)c1Cl. The summed E-state index contributed by atoms with van der Waals surface area (Å²) in [5.41, 5.74) is 0.682. The average Bonchev–Trinajstić information content (AvgIpc) is 2.37. The van der Waals surface area contributed by atoms with Crippen molar-refractivity contribution in [3.63, 3.8) is 0 Å². The monoisotopic (exact) mass is 405 g/mol. The first kappa shape index (κ1) is 14.5. The molecular weight excluding hydrogens is 400 g/mol. The van der Waals surface area contributed by atoms with Crippen LogP contribution in [0.3, 0.4) is 0 Å². The molecule has 1 amide bonds. The molecule has 0 atom stereocenters. The second-order valence-corrected chi connectivity index (χ2v) is 5.77. The second-order valence-electron chi connectivity index (χ2n) is 3.68. The summed E-state index contributed by atoms with van der Waals surface area (Å²) in [6, 6.07) is 9.38. The van der Waals surface area contributed by atoms with Crippen molar-refractivity contribution in [3.05, 3.63) is 61.7 Å². The van der Waals surface area contributed by atoms with Crippen LogP contribution in [0.5, 0.6) is 0 Å². The molecule has 1 N–H and O–H groups in total. The van der Waals surface area contributed by atoms with Crippen LogP contribution in [0.2, 0.25) is 5.02 Å². The Kier molecular flexibility index (Phi) is 4.60. The molecule has 19 heavy (non-hydrogen) atoms. The number of rotatable bonds is 2. The van der Waals surface area contributed by atoms with Crippen LogP contribution in [-0.2, 0) is 0 Å². The highest BCUT2D eigenvalue weighted by Crippen LogP contribution is 2.27. The van der Waals surface area contributed by atoms with Crippen LogP contribution in [0.1, 0.15) is 10.4 Å². The van der Waals surface area contributed by atoms with Gasteiger partial charge in [-0.3, -0.25) is 4.79 Å². The predicted molar refractivity (Wildman–Crippen MR) is 81.2 cm³/mol. The van der Waals surface area contributed by atoms with E-state index in [4.69, 9.17) is 11.6 Å². The van der Waals surface area contributed by atoms with E-state index in [0.29, 0.717) is 25.2 Å². The van der Waals surface area contributed by atoms with Crippen LogP contribution in [0, 0.1) is 5.82 Å². The van der Waals surface area contributed by atoms with E-state index >= 15 is 0 Å². The molecule has 2 rings (SSSR count). The molecule has 0 spiro atoms. The fourth-order valence-corrected chi connectivity index (χ4v) is 2.28. The standard InChI is InChI=1S/C13H7Br2ClFNO/c14-9-5-4-7(6-11(9)17)18-13(19)8-2-1-3-10(15)12(8)16/h1-6H,(H,18,19). The van der Waals surface area contributed by atoms with Crippen LogP contribution in [0.4, 0.5) is 10.1 Å². The molecule has 0 saturated heterocycles. The Hall–Kier alpha value is -0.910. The van der Waals surface area contributed by atoms with Gasteiger partial charge in [0.25, 0.3) is 5.91 Å². The Labute approximate surface area is 131 Å². The summed E-state index contributed by atoms with van der Waals surface area (Å²) >= 11 is 12.3. The Morgan fingerprint density at radius 2 is 1.89 bits per heavy atom. The Balaban J connectivity index is 2.26. The lowest BCUT2D eigenvalue weighted by Crippen LogP contribution is -2.12. The summed E-state index contributed by atoms with van der Waals surface area (Å²) in [4.78, 5) is 12.0. The van der Waals surface area contributed by atoms with Crippen LogP contribution in [-0.4, -0.2) is 5.91 Å². The van der Waals surface area contributed by atoms with Gasteiger partial charge in [-0.15, -0.1) is 0 Å². The maximum absolute atomic E-state index is 13.3. The summed E-state index contributed by atoms with van der Waals surface area (Å²) < 4.78 is 14.3. The molecule has 0 bridgehead atoms. The summed E-state index contributed by atoms with van der Waals surface area (Å²) in [6.07, 6.45) is 0. The Morgan fingerprint density at radius 1 is 1.16 bits per heavy atom. The number of hydrogen-bond acceptors (Lipinski definition) is 1. The topological polar surface area (TPSA) is 29.1 Å². The highest BCUT2D eigenvalue weighted by atomic mass is 79.9. The van der Waals surface area contributed by atoms with Gasteiger partial charge in [0.05, 0.1) is 15.1 Å². The summed E-state index contributed by atoms with van der Waals surface area (Å²) in [5.74, 6) is -0.842. The van der Waals surface area contributed by atoms with Gasteiger partial charge in [0.1, 0.15) is 5.82 Å². The lowest BCUT2D eigenvalue weighted by atomic mass is 10.2. The first-order valence-electron chi connectivity index (χ1n) is 5.19. The van der Waals surface area contributed by atoms with Crippen molar-refractivity contribution in [2.75, 3.05) is 5.32 Å². The van der Waals surface area contributed by atoms with Crippen molar-refractivity contribution < 1.29 is 9.18 Å². The number of amides is 1. The zero-order valence-electron chi connectivity index (χ0n) is 9.38. The highest BCUT2D eigenvalue weighted by molar-refractivity contribution is 9.10. The molecule has 0 heterocycles. The minimum absolute atomic E-state index is 0.317. The number of hydrogen-bond donors (Lipinski definition) is 1. The van der Waals surface area contributed by atoms with E-state index in [1.165, 1.54) is 12.1 Å². The number of benzene rings is 2. The van der Waals surface area contributed by atoms with Gasteiger partial charge in [0.15, 0.2) is 0 Å². The number of carbonyl (C=O) groups excluding carboxylic acids is 1. The first-order valence-corrected chi connectivity index (χ1v) is 7.16. The molecule has 2 nitrogen and oxygen atoms in total. The van der Waals surface area contributed by atoms with Crippen molar-refractivity contribution >= 4 is 55.1 Å². The summed E-state index contributed by atoms with van der Waals surface area (Å²) in [6.45, 7) is 0. The van der Waals surface area contributed by atoms with Gasteiger partial charge in [-0.2, -0.15) is 0 Å². The number of halogens is 4. The van der Waals surface area contributed by atoms with Crippen molar-refractivity contribution in [2.45, 2.75) is 0 Å². The predicted octanol–water partition coefficient (Wildman–Crippen LogP) is 5.26. The molecule has 0 aliphatic carbocycles. The molecule has 0 aliphatic heterocycles. The van der Waals surface area contributed by atoms with Crippen molar-refractivity contribution in [3.8, 4) is 0 Å². The lowest BCUT2D eigenvalue weighted by molar-refractivity contribution is 0.102. The third kappa shape index (κ3) is 3.35. The third-order valence-corrected chi connectivity index (χ3v) is 4.31. The van der Waals surface area contributed by atoms with Crippen molar-refractivity contribution in [1.29, 1.82) is 0 Å². The first-order chi connectivity index (χ1) is 8.99. The van der Waals surface area contributed by atoms with Gasteiger partial charge in [-0.05, 0) is 62.2 Å². The van der Waals surface area contributed by atoms with Crippen LogP contribution >= 0.6 is 43.5 Å². The smallest absolute Gasteiger partial charge is 0.257 e. The second kappa shape index (κ2) is 6.03. The molecule has 0 saturated carbocycles. The molecule has 0 radical (unpaired) electrons. The van der Waals surface area contributed by atoms with E-state index in [1.54, 1.807) is 24.3 Å². The number of anilines is 1. The van der Waals surface area contributed by atoms with Crippen LogP contribution < -0.4 is 5.32 Å². The number of carbonyl (C=O) groups is 1. The average molecular weight is 407 g/mol. The van der Waals surface area contributed by atoms with E-state index in [2.05, 4.69) is 37.2 Å². The largest absolute Gasteiger partial charge is 0.322 e. The third-order valence-electron chi connectivity index (χ3n) is 2.37. The molecule has 2 aromatic carbocycles. The van der Waals surface area contributed by atoms with E-state index in [9.17, 15) is 9.18 Å². The quantitative estimate of drug-likeness (QED) is 0.723. The fourth-order valence-electron chi connectivity index (χ4n) is 1.45. The minimum atomic E-state index is -0.446. The van der Waals surface area contributed by atoms with Gasteiger partial charge in [-0.25, -0.2) is 4.39 Å². The highest BCUT2D eigenvalue weighted by Gasteiger charge is 2.13. The van der Waals surface area contributed by atoms with Crippen molar-refractivity contribution in [1.82, 2.24) is 0 Å².